The first-order valence-corrected chi connectivity index (χ1v) is 5.62. The van der Waals surface area contributed by atoms with Crippen molar-refractivity contribution in [1.82, 2.24) is 4.90 Å². The highest BCUT2D eigenvalue weighted by Crippen LogP contribution is 2.33. The number of aromatic hydroxyl groups is 1. The van der Waals surface area contributed by atoms with Gasteiger partial charge in [0.2, 0.25) is 5.91 Å². The van der Waals surface area contributed by atoms with Gasteiger partial charge in [0.1, 0.15) is 11.8 Å². The Morgan fingerprint density at radius 2 is 2.18 bits per heavy atom. The summed E-state index contributed by atoms with van der Waals surface area (Å²) in [6, 6.07) is 4.30. The van der Waals surface area contributed by atoms with Crippen molar-refractivity contribution in [2.24, 2.45) is 0 Å². The maximum atomic E-state index is 12.2. The first kappa shape index (κ1) is 10.1. The number of fused-ring (bicyclic) bond motifs is 2. The van der Waals surface area contributed by atoms with Gasteiger partial charge in [-0.2, -0.15) is 0 Å². The Labute approximate surface area is 98.0 Å². The smallest absolute Gasteiger partial charge is 0.256 e. The van der Waals surface area contributed by atoms with Crippen LogP contribution in [0, 0.1) is 0 Å². The fourth-order valence-electron chi connectivity index (χ4n) is 2.49. The predicted molar refractivity (Wildman–Crippen MR) is 60.8 cm³/mol. The Bertz CT molecular complexity index is 512. The number of phenols is 1. The summed E-state index contributed by atoms with van der Waals surface area (Å²) in [7, 11) is 0. The number of benzene rings is 1. The van der Waals surface area contributed by atoms with E-state index in [0.29, 0.717) is 18.5 Å². The highest BCUT2D eigenvalue weighted by Gasteiger charge is 2.38. The molecule has 17 heavy (non-hydrogen) atoms. The zero-order chi connectivity index (χ0) is 12.0. The molecular formula is C12H12N2O3. The number of amides is 2. The lowest BCUT2D eigenvalue weighted by atomic mass is 10.1. The van der Waals surface area contributed by atoms with Crippen LogP contribution in [-0.2, 0) is 4.79 Å². The number of hydrogen-bond donors (Lipinski definition) is 2. The minimum Gasteiger partial charge on any atom is -0.506 e. The lowest BCUT2D eigenvalue weighted by molar-refractivity contribution is -0.119. The number of hydrogen-bond acceptors (Lipinski definition) is 3. The molecule has 0 unspecified atom stereocenters. The summed E-state index contributed by atoms with van der Waals surface area (Å²) in [5.41, 5.74) is 0.597. The molecule has 1 saturated heterocycles. The van der Waals surface area contributed by atoms with Gasteiger partial charge < -0.3 is 15.3 Å². The van der Waals surface area contributed by atoms with Crippen molar-refractivity contribution >= 4 is 17.5 Å². The molecule has 1 fully saturated rings. The van der Waals surface area contributed by atoms with Crippen LogP contribution in [-0.4, -0.2) is 34.4 Å². The van der Waals surface area contributed by atoms with Gasteiger partial charge in [-0.3, -0.25) is 9.59 Å². The van der Waals surface area contributed by atoms with E-state index in [0.717, 1.165) is 6.42 Å². The van der Waals surface area contributed by atoms with Crippen LogP contribution < -0.4 is 5.32 Å². The standard InChI is InChI=1S/C12H12N2O3/c15-9-5-1-3-7-10(9)13-11(16)8-4-2-6-14(8)12(7)17/h1,3,5,8,15H,2,4,6H2,(H,13,16)/t8-/m0/s1. The number of anilines is 1. The molecule has 1 aromatic carbocycles. The average Bonchev–Trinajstić information content (AvgIpc) is 2.76. The van der Waals surface area contributed by atoms with Gasteiger partial charge in [-0.1, -0.05) is 6.07 Å². The van der Waals surface area contributed by atoms with Crippen LogP contribution in [0.5, 0.6) is 5.75 Å². The van der Waals surface area contributed by atoms with E-state index >= 15 is 0 Å². The molecule has 0 radical (unpaired) electrons. The van der Waals surface area contributed by atoms with Gasteiger partial charge >= 0.3 is 0 Å². The maximum Gasteiger partial charge on any atom is 0.256 e. The molecule has 88 valence electrons. The third-order valence-corrected chi connectivity index (χ3v) is 3.34. The van der Waals surface area contributed by atoms with E-state index in [1.165, 1.54) is 6.07 Å². The second kappa shape index (κ2) is 3.48. The van der Waals surface area contributed by atoms with Crippen LogP contribution >= 0.6 is 0 Å². The van der Waals surface area contributed by atoms with E-state index in [-0.39, 0.29) is 23.3 Å². The molecule has 5 heteroatoms. The molecule has 2 amide bonds. The minimum atomic E-state index is -0.394. The third kappa shape index (κ3) is 1.39. The largest absolute Gasteiger partial charge is 0.506 e. The highest BCUT2D eigenvalue weighted by molar-refractivity contribution is 6.11. The molecular weight excluding hydrogens is 220 g/mol. The van der Waals surface area contributed by atoms with Crippen molar-refractivity contribution in [3.05, 3.63) is 23.8 Å². The van der Waals surface area contributed by atoms with Crippen LogP contribution in [0.3, 0.4) is 0 Å². The number of nitrogens with zero attached hydrogens (tertiary/aromatic N) is 1. The summed E-state index contributed by atoms with van der Waals surface area (Å²) < 4.78 is 0. The lowest BCUT2D eigenvalue weighted by Crippen LogP contribution is -2.40. The van der Waals surface area contributed by atoms with Crippen LogP contribution in [0.1, 0.15) is 23.2 Å². The summed E-state index contributed by atoms with van der Waals surface area (Å²) in [6.45, 7) is 0.603. The molecule has 1 atom stereocenters. The van der Waals surface area contributed by atoms with Crippen LogP contribution in [0.15, 0.2) is 18.2 Å². The van der Waals surface area contributed by atoms with E-state index in [1.54, 1.807) is 17.0 Å². The normalized spacial score (nSPS) is 22.8. The second-order valence-corrected chi connectivity index (χ2v) is 4.35. The van der Waals surface area contributed by atoms with Crippen LogP contribution in [0.4, 0.5) is 5.69 Å². The fraction of sp³-hybridized carbons (Fsp3) is 0.333. The summed E-state index contributed by atoms with van der Waals surface area (Å²) in [5.74, 6) is -0.460. The van der Waals surface area contributed by atoms with Gasteiger partial charge in [0.25, 0.3) is 5.91 Å². The van der Waals surface area contributed by atoms with E-state index in [1.807, 2.05) is 0 Å². The molecule has 2 aliphatic rings. The highest BCUT2D eigenvalue weighted by atomic mass is 16.3. The van der Waals surface area contributed by atoms with Crippen molar-refractivity contribution < 1.29 is 14.7 Å². The molecule has 2 aliphatic heterocycles. The number of carbonyl (C=O) groups excluding carboxylic acids is 2. The fourth-order valence-corrected chi connectivity index (χ4v) is 2.49. The van der Waals surface area contributed by atoms with E-state index in [2.05, 4.69) is 5.32 Å². The topological polar surface area (TPSA) is 69.6 Å². The Morgan fingerprint density at radius 3 is 3.00 bits per heavy atom. The Kier molecular flexibility index (Phi) is 2.07. The molecule has 0 aliphatic carbocycles. The molecule has 5 nitrogen and oxygen atoms in total. The van der Waals surface area contributed by atoms with E-state index in [9.17, 15) is 14.7 Å². The number of rotatable bonds is 0. The van der Waals surface area contributed by atoms with Crippen molar-refractivity contribution in [3.8, 4) is 5.75 Å². The Morgan fingerprint density at radius 1 is 1.35 bits per heavy atom. The van der Waals surface area contributed by atoms with Gasteiger partial charge in [0.15, 0.2) is 0 Å². The van der Waals surface area contributed by atoms with Crippen molar-refractivity contribution in [2.45, 2.75) is 18.9 Å². The molecule has 2 N–H and O–H groups in total. The van der Waals surface area contributed by atoms with Gasteiger partial charge in [-0.05, 0) is 25.0 Å². The number of phenolic OH excluding ortho intramolecular Hbond substituents is 1. The zero-order valence-electron chi connectivity index (χ0n) is 9.14. The number of carbonyl (C=O) groups is 2. The van der Waals surface area contributed by atoms with Gasteiger partial charge in [-0.15, -0.1) is 0 Å². The van der Waals surface area contributed by atoms with E-state index < -0.39 is 6.04 Å². The molecule has 0 spiro atoms. The molecule has 2 heterocycles. The number of para-hydroxylation sites is 1. The monoisotopic (exact) mass is 232 g/mol. The van der Waals surface area contributed by atoms with Crippen LogP contribution in [0.2, 0.25) is 0 Å². The summed E-state index contributed by atoms with van der Waals surface area (Å²) >= 11 is 0. The van der Waals surface area contributed by atoms with Gasteiger partial charge in [0.05, 0.1) is 11.3 Å². The SMILES string of the molecule is O=C1Nc2c(O)cccc2C(=O)N2CCC[C@@H]12. The van der Waals surface area contributed by atoms with E-state index in [4.69, 9.17) is 0 Å². The van der Waals surface area contributed by atoms with Gasteiger partial charge in [-0.25, -0.2) is 0 Å². The molecule has 0 aromatic heterocycles. The lowest BCUT2D eigenvalue weighted by Gasteiger charge is -2.19. The minimum absolute atomic E-state index is 0.0645. The summed E-state index contributed by atoms with van der Waals surface area (Å²) in [6.07, 6.45) is 1.53. The average molecular weight is 232 g/mol. The van der Waals surface area contributed by atoms with Crippen molar-refractivity contribution in [2.75, 3.05) is 11.9 Å². The predicted octanol–water partition coefficient (Wildman–Crippen LogP) is 0.949. The van der Waals surface area contributed by atoms with Gasteiger partial charge in [0, 0.05) is 6.54 Å². The Balaban J connectivity index is 2.15. The summed E-state index contributed by atoms with van der Waals surface area (Å²) in [5, 5.41) is 12.3. The summed E-state index contributed by atoms with van der Waals surface area (Å²) in [4.78, 5) is 25.8. The maximum absolute atomic E-state index is 12.2. The van der Waals surface area contributed by atoms with Crippen LogP contribution in [0.25, 0.3) is 0 Å². The third-order valence-electron chi connectivity index (χ3n) is 3.34. The first-order chi connectivity index (χ1) is 8.18. The quantitative estimate of drug-likeness (QED) is 0.654. The number of nitrogens with one attached hydrogen (secondary N) is 1. The molecule has 0 saturated carbocycles. The zero-order valence-corrected chi connectivity index (χ0v) is 9.14. The molecule has 0 bridgehead atoms. The second-order valence-electron chi connectivity index (χ2n) is 4.35. The van der Waals surface area contributed by atoms with Crippen molar-refractivity contribution in [3.63, 3.8) is 0 Å². The Hall–Kier alpha value is -2.04. The van der Waals surface area contributed by atoms with Crippen molar-refractivity contribution in [1.29, 1.82) is 0 Å². The molecule has 3 rings (SSSR count). The first-order valence-electron chi connectivity index (χ1n) is 5.62. The molecule has 1 aromatic rings.